The fourth-order valence-corrected chi connectivity index (χ4v) is 1.96. The van der Waals surface area contributed by atoms with E-state index in [4.69, 9.17) is 0 Å². The maximum absolute atomic E-state index is 12.2. The van der Waals surface area contributed by atoms with E-state index >= 15 is 0 Å². The van der Waals surface area contributed by atoms with Crippen molar-refractivity contribution in [2.24, 2.45) is 5.92 Å². The summed E-state index contributed by atoms with van der Waals surface area (Å²) in [6.45, 7) is -0.249. The molecule has 19 heavy (non-hydrogen) atoms. The molecule has 0 aromatic heterocycles. The maximum Gasteiger partial charge on any atom is 0.387 e. The highest BCUT2D eigenvalue weighted by Gasteiger charge is 2.29. The van der Waals surface area contributed by atoms with Crippen LogP contribution in [0, 0.1) is 5.92 Å². The highest BCUT2D eigenvalue weighted by Crippen LogP contribution is 2.30. The Morgan fingerprint density at radius 1 is 1.47 bits per heavy atom. The van der Waals surface area contributed by atoms with Gasteiger partial charge in [-0.1, -0.05) is 12.1 Å². The molecule has 3 nitrogen and oxygen atoms in total. The highest BCUT2D eigenvalue weighted by molar-refractivity contribution is 5.33. The van der Waals surface area contributed by atoms with Crippen LogP contribution in [-0.4, -0.2) is 24.9 Å². The third-order valence-electron chi connectivity index (χ3n) is 3.49. The molecule has 0 heterocycles. The lowest BCUT2D eigenvalue weighted by atomic mass is 9.92. The molecule has 1 unspecified atom stereocenters. The van der Waals surface area contributed by atoms with Crippen LogP contribution in [-0.2, 0) is 5.54 Å². The van der Waals surface area contributed by atoms with Crippen LogP contribution in [0.2, 0.25) is 0 Å². The van der Waals surface area contributed by atoms with E-state index in [0.717, 1.165) is 12.1 Å². The van der Waals surface area contributed by atoms with E-state index in [0.29, 0.717) is 5.92 Å². The van der Waals surface area contributed by atoms with Crippen LogP contribution in [0.1, 0.15) is 25.3 Å². The van der Waals surface area contributed by atoms with Crippen molar-refractivity contribution >= 4 is 0 Å². The van der Waals surface area contributed by atoms with Crippen molar-refractivity contribution in [2.45, 2.75) is 31.9 Å². The first-order valence-electron chi connectivity index (χ1n) is 6.45. The van der Waals surface area contributed by atoms with Gasteiger partial charge in [0.2, 0.25) is 0 Å². The lowest BCUT2D eigenvalue weighted by Gasteiger charge is -2.30. The number of rotatable bonds is 7. The molecular weight excluding hydrogens is 252 g/mol. The molecule has 2 rings (SSSR count). The van der Waals surface area contributed by atoms with Gasteiger partial charge in [-0.2, -0.15) is 8.78 Å². The molecule has 1 aromatic carbocycles. The van der Waals surface area contributed by atoms with E-state index in [1.165, 1.54) is 18.9 Å². The van der Waals surface area contributed by atoms with Crippen LogP contribution in [0.25, 0.3) is 0 Å². The molecule has 0 spiro atoms. The van der Waals surface area contributed by atoms with Crippen LogP contribution < -0.4 is 10.1 Å². The maximum atomic E-state index is 12.2. The molecule has 0 bridgehead atoms. The van der Waals surface area contributed by atoms with Crippen molar-refractivity contribution in [3.63, 3.8) is 0 Å². The van der Waals surface area contributed by atoms with Crippen LogP contribution in [0.5, 0.6) is 5.75 Å². The van der Waals surface area contributed by atoms with E-state index in [2.05, 4.69) is 10.1 Å². The second kappa shape index (κ2) is 5.84. The Balaban J connectivity index is 2.11. The van der Waals surface area contributed by atoms with Crippen molar-refractivity contribution in [3.05, 3.63) is 29.8 Å². The molecule has 1 saturated carbocycles. The van der Waals surface area contributed by atoms with Gasteiger partial charge in [0.05, 0.1) is 12.1 Å². The van der Waals surface area contributed by atoms with Crippen molar-refractivity contribution in [3.8, 4) is 5.75 Å². The average Bonchev–Trinajstić information content (AvgIpc) is 3.19. The van der Waals surface area contributed by atoms with Gasteiger partial charge < -0.3 is 15.2 Å². The number of ether oxygens (including phenoxy) is 1. The SMILES string of the molecule is CC(CO)(NCC1CC1)c1cccc(OC(F)F)c1. The third-order valence-corrected chi connectivity index (χ3v) is 3.49. The number of nitrogens with one attached hydrogen (secondary N) is 1. The molecule has 0 radical (unpaired) electrons. The Hall–Kier alpha value is -1.20. The average molecular weight is 271 g/mol. The summed E-state index contributed by atoms with van der Waals surface area (Å²) >= 11 is 0. The summed E-state index contributed by atoms with van der Waals surface area (Å²) in [5, 5.41) is 12.9. The van der Waals surface area contributed by atoms with Gasteiger partial charge in [0, 0.05) is 0 Å². The van der Waals surface area contributed by atoms with Gasteiger partial charge in [-0.15, -0.1) is 0 Å². The number of alkyl halides is 2. The standard InChI is InChI=1S/C14H19F2NO2/c1-14(9-18,17-8-10-5-6-10)11-3-2-4-12(7-11)19-13(15)16/h2-4,7,10,13,17-18H,5-6,8-9H2,1H3. The molecule has 1 fully saturated rings. The first kappa shape index (κ1) is 14.2. The lowest BCUT2D eigenvalue weighted by molar-refractivity contribution is -0.0499. The Labute approximate surface area is 111 Å². The minimum Gasteiger partial charge on any atom is -0.435 e. The van der Waals surface area contributed by atoms with Crippen molar-refractivity contribution in [1.82, 2.24) is 5.32 Å². The summed E-state index contributed by atoms with van der Waals surface area (Å²) in [6.07, 6.45) is 2.42. The molecule has 106 valence electrons. The van der Waals surface area contributed by atoms with Crippen molar-refractivity contribution < 1.29 is 18.6 Å². The molecule has 1 atom stereocenters. The monoisotopic (exact) mass is 271 g/mol. The summed E-state index contributed by atoms with van der Waals surface area (Å²) < 4.78 is 28.8. The number of aliphatic hydroxyl groups excluding tert-OH is 1. The summed E-state index contributed by atoms with van der Waals surface area (Å²) in [6, 6.07) is 6.48. The van der Waals surface area contributed by atoms with E-state index in [1.807, 2.05) is 6.92 Å². The van der Waals surface area contributed by atoms with Crippen LogP contribution in [0.3, 0.4) is 0 Å². The zero-order chi connectivity index (χ0) is 13.9. The normalized spacial score (nSPS) is 18.4. The van der Waals surface area contributed by atoms with Gasteiger partial charge in [0.25, 0.3) is 0 Å². The molecule has 1 aliphatic rings. The Bertz CT molecular complexity index is 424. The third kappa shape index (κ3) is 3.88. The number of halogens is 2. The first-order valence-corrected chi connectivity index (χ1v) is 6.45. The number of aliphatic hydroxyl groups is 1. The van der Waals surface area contributed by atoms with E-state index < -0.39 is 12.2 Å². The summed E-state index contributed by atoms with van der Waals surface area (Å²) in [7, 11) is 0. The van der Waals surface area contributed by atoms with Gasteiger partial charge in [-0.05, 0) is 49.9 Å². The minimum atomic E-state index is -2.84. The number of hydrogen-bond acceptors (Lipinski definition) is 3. The summed E-state index contributed by atoms with van der Waals surface area (Å²) in [5.41, 5.74) is 0.109. The quantitative estimate of drug-likeness (QED) is 0.800. The van der Waals surface area contributed by atoms with Crippen molar-refractivity contribution in [2.75, 3.05) is 13.2 Å². The predicted molar refractivity (Wildman–Crippen MR) is 68.2 cm³/mol. The highest BCUT2D eigenvalue weighted by atomic mass is 19.3. The molecule has 0 aliphatic heterocycles. The minimum absolute atomic E-state index is 0.0994. The second-order valence-electron chi connectivity index (χ2n) is 5.22. The van der Waals surface area contributed by atoms with Gasteiger partial charge >= 0.3 is 6.61 Å². The molecular formula is C14H19F2NO2. The molecule has 0 saturated heterocycles. The first-order chi connectivity index (χ1) is 9.03. The fraction of sp³-hybridized carbons (Fsp3) is 0.571. The molecule has 5 heteroatoms. The smallest absolute Gasteiger partial charge is 0.387 e. The molecule has 2 N–H and O–H groups in total. The lowest BCUT2D eigenvalue weighted by Crippen LogP contribution is -2.43. The van der Waals surface area contributed by atoms with Crippen molar-refractivity contribution in [1.29, 1.82) is 0 Å². The summed E-state index contributed by atoms with van der Waals surface area (Å²) in [5.74, 6) is 0.784. The zero-order valence-corrected chi connectivity index (χ0v) is 10.9. The van der Waals surface area contributed by atoms with Gasteiger partial charge in [0.1, 0.15) is 5.75 Å². The Morgan fingerprint density at radius 2 is 2.21 bits per heavy atom. The Kier molecular flexibility index (Phi) is 4.37. The topological polar surface area (TPSA) is 41.5 Å². The molecule has 0 amide bonds. The zero-order valence-electron chi connectivity index (χ0n) is 10.9. The van der Waals surface area contributed by atoms with Gasteiger partial charge in [-0.3, -0.25) is 0 Å². The van der Waals surface area contributed by atoms with Gasteiger partial charge in [-0.25, -0.2) is 0 Å². The molecule has 1 aliphatic carbocycles. The van der Waals surface area contributed by atoms with E-state index in [1.54, 1.807) is 18.2 Å². The van der Waals surface area contributed by atoms with E-state index in [9.17, 15) is 13.9 Å². The molecule has 1 aromatic rings. The summed E-state index contributed by atoms with van der Waals surface area (Å²) in [4.78, 5) is 0. The largest absolute Gasteiger partial charge is 0.435 e. The second-order valence-corrected chi connectivity index (χ2v) is 5.22. The number of benzene rings is 1. The van der Waals surface area contributed by atoms with Crippen LogP contribution in [0.4, 0.5) is 8.78 Å². The Morgan fingerprint density at radius 3 is 2.79 bits per heavy atom. The number of hydrogen-bond donors (Lipinski definition) is 2. The predicted octanol–water partition coefficient (Wildman–Crippen LogP) is 2.50. The van der Waals surface area contributed by atoms with Gasteiger partial charge in [0.15, 0.2) is 0 Å². The van der Waals surface area contributed by atoms with Crippen LogP contribution >= 0.6 is 0 Å². The van der Waals surface area contributed by atoms with Crippen LogP contribution in [0.15, 0.2) is 24.3 Å². The van der Waals surface area contributed by atoms with E-state index in [-0.39, 0.29) is 12.4 Å². The fourth-order valence-electron chi connectivity index (χ4n) is 1.96.